The van der Waals surface area contributed by atoms with Crippen molar-refractivity contribution in [1.82, 2.24) is 5.32 Å². The van der Waals surface area contributed by atoms with Crippen molar-refractivity contribution >= 4 is 11.1 Å². The van der Waals surface area contributed by atoms with Gasteiger partial charge in [0.1, 0.15) is 0 Å². The van der Waals surface area contributed by atoms with Gasteiger partial charge in [0.2, 0.25) is 0 Å². The first kappa shape index (κ1) is 9.16. The van der Waals surface area contributed by atoms with Gasteiger partial charge in [0.05, 0.1) is 0 Å². The molecule has 0 saturated carbocycles. The minimum absolute atomic E-state index is 0.0708. The lowest BCUT2D eigenvalue weighted by Gasteiger charge is -2.43. The molecule has 0 aromatic heterocycles. The van der Waals surface area contributed by atoms with E-state index in [9.17, 15) is 8.76 Å². The van der Waals surface area contributed by atoms with Crippen molar-refractivity contribution in [2.45, 2.75) is 19.8 Å². The second-order valence-electron chi connectivity index (χ2n) is 3.30. The number of hydrogen-bond acceptors (Lipinski definition) is 3. The van der Waals surface area contributed by atoms with Crippen LogP contribution in [0.5, 0.6) is 0 Å². The SMILES string of the molecule is CCCC1(CS(=O)[O-])CNC1. The summed E-state index contributed by atoms with van der Waals surface area (Å²) < 4.78 is 20.9. The first-order valence-corrected chi connectivity index (χ1v) is 5.19. The van der Waals surface area contributed by atoms with E-state index in [1.54, 1.807) is 0 Å². The molecule has 66 valence electrons. The van der Waals surface area contributed by atoms with Gasteiger partial charge in [-0.3, -0.25) is 4.21 Å². The van der Waals surface area contributed by atoms with Crippen molar-refractivity contribution in [1.29, 1.82) is 0 Å². The van der Waals surface area contributed by atoms with E-state index in [-0.39, 0.29) is 5.41 Å². The molecule has 4 heteroatoms. The third kappa shape index (κ3) is 2.25. The van der Waals surface area contributed by atoms with Gasteiger partial charge in [-0.05, 0) is 6.42 Å². The van der Waals surface area contributed by atoms with Crippen molar-refractivity contribution < 1.29 is 8.76 Å². The highest BCUT2D eigenvalue weighted by Gasteiger charge is 2.35. The summed E-state index contributed by atoms with van der Waals surface area (Å²) in [6, 6.07) is 0. The summed E-state index contributed by atoms with van der Waals surface area (Å²) in [5, 5.41) is 3.12. The van der Waals surface area contributed by atoms with Gasteiger partial charge >= 0.3 is 0 Å². The van der Waals surface area contributed by atoms with E-state index in [0.717, 1.165) is 25.9 Å². The molecule has 1 unspecified atom stereocenters. The molecule has 11 heavy (non-hydrogen) atoms. The van der Waals surface area contributed by atoms with Crippen molar-refractivity contribution in [3.63, 3.8) is 0 Å². The molecule has 0 radical (unpaired) electrons. The highest BCUT2D eigenvalue weighted by atomic mass is 32.2. The Morgan fingerprint density at radius 3 is 2.55 bits per heavy atom. The molecule has 1 aliphatic rings. The summed E-state index contributed by atoms with van der Waals surface area (Å²) in [4.78, 5) is 0. The van der Waals surface area contributed by atoms with E-state index in [4.69, 9.17) is 0 Å². The Kier molecular flexibility index (Phi) is 3.04. The maximum absolute atomic E-state index is 10.5. The number of hydrogen-bond donors (Lipinski definition) is 1. The minimum atomic E-state index is -1.88. The quantitative estimate of drug-likeness (QED) is 0.625. The lowest BCUT2D eigenvalue weighted by atomic mass is 9.80. The Morgan fingerprint density at radius 2 is 2.27 bits per heavy atom. The van der Waals surface area contributed by atoms with Crippen LogP contribution < -0.4 is 5.32 Å². The molecule has 1 N–H and O–H groups in total. The Hall–Kier alpha value is 0.0700. The zero-order valence-electron chi connectivity index (χ0n) is 6.76. The largest absolute Gasteiger partial charge is 0.772 e. The molecule has 0 spiro atoms. The highest BCUT2D eigenvalue weighted by molar-refractivity contribution is 7.79. The van der Waals surface area contributed by atoms with Crippen LogP contribution in [-0.4, -0.2) is 27.6 Å². The lowest BCUT2D eigenvalue weighted by Crippen LogP contribution is -2.56. The monoisotopic (exact) mass is 176 g/mol. The first-order valence-electron chi connectivity index (χ1n) is 3.95. The van der Waals surface area contributed by atoms with E-state index in [0.29, 0.717) is 5.75 Å². The van der Waals surface area contributed by atoms with E-state index in [1.165, 1.54) is 0 Å². The van der Waals surface area contributed by atoms with Crippen molar-refractivity contribution in [3.8, 4) is 0 Å². The number of nitrogens with one attached hydrogen (secondary N) is 1. The Bertz CT molecular complexity index is 157. The van der Waals surface area contributed by atoms with Crippen LogP contribution in [0.2, 0.25) is 0 Å². The summed E-state index contributed by atoms with van der Waals surface area (Å²) >= 11 is -1.88. The maximum Gasteiger partial charge on any atom is 0.0183 e. The molecule has 1 heterocycles. The van der Waals surface area contributed by atoms with Gasteiger partial charge in [0, 0.05) is 24.3 Å². The lowest BCUT2D eigenvalue weighted by molar-refractivity contribution is 0.181. The molecule has 0 aromatic rings. The molecular weight excluding hydrogens is 162 g/mol. The van der Waals surface area contributed by atoms with Gasteiger partial charge in [0.15, 0.2) is 0 Å². The van der Waals surface area contributed by atoms with Crippen LogP contribution in [0.3, 0.4) is 0 Å². The maximum atomic E-state index is 10.5. The van der Waals surface area contributed by atoms with Crippen molar-refractivity contribution in [2.24, 2.45) is 5.41 Å². The fourth-order valence-corrected chi connectivity index (χ4v) is 2.46. The smallest absolute Gasteiger partial charge is 0.0183 e. The fourth-order valence-electron chi connectivity index (χ4n) is 1.61. The second-order valence-corrected chi connectivity index (χ2v) is 4.20. The van der Waals surface area contributed by atoms with E-state index < -0.39 is 11.1 Å². The topological polar surface area (TPSA) is 52.2 Å². The van der Waals surface area contributed by atoms with E-state index >= 15 is 0 Å². The molecule has 3 nitrogen and oxygen atoms in total. The molecule has 0 aromatic carbocycles. The number of rotatable bonds is 4. The van der Waals surface area contributed by atoms with Gasteiger partial charge in [-0.15, -0.1) is 0 Å². The van der Waals surface area contributed by atoms with Crippen molar-refractivity contribution in [2.75, 3.05) is 18.8 Å². The zero-order valence-corrected chi connectivity index (χ0v) is 7.58. The molecule has 1 saturated heterocycles. The molecule has 1 atom stereocenters. The zero-order chi connectivity index (χ0) is 8.32. The molecule has 1 rings (SSSR count). The van der Waals surface area contributed by atoms with Gasteiger partial charge < -0.3 is 9.87 Å². The van der Waals surface area contributed by atoms with Crippen molar-refractivity contribution in [3.05, 3.63) is 0 Å². The summed E-state index contributed by atoms with van der Waals surface area (Å²) in [6.45, 7) is 3.83. The van der Waals surface area contributed by atoms with Crippen LogP contribution in [0.25, 0.3) is 0 Å². The third-order valence-electron chi connectivity index (χ3n) is 2.20. The fraction of sp³-hybridized carbons (Fsp3) is 1.00. The summed E-state index contributed by atoms with van der Waals surface area (Å²) in [7, 11) is 0. The molecular formula is C7H14NO2S-. The van der Waals surface area contributed by atoms with Gasteiger partial charge in [-0.25, -0.2) is 0 Å². The Morgan fingerprint density at radius 1 is 1.64 bits per heavy atom. The van der Waals surface area contributed by atoms with Crippen LogP contribution in [0, 0.1) is 5.41 Å². The summed E-state index contributed by atoms with van der Waals surface area (Å²) in [5.74, 6) is 0.327. The van der Waals surface area contributed by atoms with Crippen LogP contribution in [0.1, 0.15) is 19.8 Å². The first-order chi connectivity index (χ1) is 5.18. The second kappa shape index (κ2) is 3.65. The highest BCUT2D eigenvalue weighted by Crippen LogP contribution is 2.28. The van der Waals surface area contributed by atoms with Gasteiger partial charge in [0.25, 0.3) is 0 Å². The normalized spacial score (nSPS) is 24.2. The molecule has 0 bridgehead atoms. The average molecular weight is 176 g/mol. The average Bonchev–Trinajstić information content (AvgIpc) is 1.82. The van der Waals surface area contributed by atoms with E-state index in [1.807, 2.05) is 0 Å². The van der Waals surface area contributed by atoms with Crippen LogP contribution in [-0.2, 0) is 11.1 Å². The standard InChI is InChI=1S/C7H15NO2S/c1-2-3-7(4-8-5-7)6-11(9)10/h8H,2-6H2,1H3,(H,9,10)/p-1. The van der Waals surface area contributed by atoms with Gasteiger partial charge in [-0.1, -0.05) is 24.4 Å². The Balaban J connectivity index is 2.39. The summed E-state index contributed by atoms with van der Waals surface area (Å²) in [6.07, 6.45) is 2.09. The van der Waals surface area contributed by atoms with Crippen LogP contribution >= 0.6 is 0 Å². The van der Waals surface area contributed by atoms with E-state index in [2.05, 4.69) is 12.2 Å². The predicted octanol–water partition coefficient (Wildman–Crippen LogP) is 0.255. The molecule has 0 aliphatic carbocycles. The van der Waals surface area contributed by atoms with Crippen LogP contribution in [0.15, 0.2) is 0 Å². The third-order valence-corrected chi connectivity index (χ3v) is 3.05. The molecule has 0 amide bonds. The molecule has 1 aliphatic heterocycles. The van der Waals surface area contributed by atoms with Crippen LogP contribution in [0.4, 0.5) is 0 Å². The Labute approximate surface area is 69.9 Å². The van der Waals surface area contributed by atoms with Gasteiger partial charge in [-0.2, -0.15) is 0 Å². The minimum Gasteiger partial charge on any atom is -0.772 e. The molecule has 1 fully saturated rings. The predicted molar refractivity (Wildman–Crippen MR) is 44.0 cm³/mol. The summed E-state index contributed by atoms with van der Waals surface area (Å²) in [5.41, 5.74) is 0.0708.